The highest BCUT2D eigenvalue weighted by Gasteiger charge is 2.35. The molecule has 1 atom stereocenters. The van der Waals surface area contributed by atoms with Crippen LogP contribution in [0.3, 0.4) is 0 Å². The molecule has 1 aliphatic carbocycles. The van der Waals surface area contributed by atoms with E-state index in [9.17, 15) is 4.79 Å². The predicted octanol–water partition coefficient (Wildman–Crippen LogP) is 1.05. The van der Waals surface area contributed by atoms with E-state index in [1.807, 2.05) is 0 Å². The van der Waals surface area contributed by atoms with Crippen molar-refractivity contribution in [2.24, 2.45) is 11.1 Å². The van der Waals surface area contributed by atoms with Gasteiger partial charge in [-0.05, 0) is 19.3 Å². The summed E-state index contributed by atoms with van der Waals surface area (Å²) >= 11 is 0. The Morgan fingerprint density at radius 2 is 2.12 bits per heavy atom. The van der Waals surface area contributed by atoms with Crippen molar-refractivity contribution in [3.05, 3.63) is 0 Å². The van der Waals surface area contributed by atoms with Crippen molar-refractivity contribution in [2.75, 3.05) is 20.3 Å². The molecule has 0 radical (unpaired) electrons. The van der Waals surface area contributed by atoms with Gasteiger partial charge in [-0.25, -0.2) is 0 Å². The first kappa shape index (κ1) is 13.5. The molecule has 0 aromatic carbocycles. The number of nitrogens with one attached hydrogen (secondary N) is 1. The van der Waals surface area contributed by atoms with E-state index in [-0.39, 0.29) is 17.4 Å². The van der Waals surface area contributed by atoms with Gasteiger partial charge in [-0.3, -0.25) is 4.79 Å². The van der Waals surface area contributed by atoms with E-state index in [4.69, 9.17) is 10.5 Å². The second-order valence-electron chi connectivity index (χ2n) is 5.03. The van der Waals surface area contributed by atoms with Crippen LogP contribution >= 0.6 is 0 Å². The van der Waals surface area contributed by atoms with Crippen molar-refractivity contribution in [1.29, 1.82) is 0 Å². The van der Waals surface area contributed by atoms with Crippen LogP contribution in [-0.2, 0) is 9.53 Å². The SMILES string of the molecule is COCC(N)CCNC(=O)C1(C)CCCC1. The highest BCUT2D eigenvalue weighted by atomic mass is 16.5. The Hall–Kier alpha value is -0.610. The Morgan fingerprint density at radius 1 is 1.50 bits per heavy atom. The molecule has 3 N–H and O–H groups in total. The fraction of sp³-hybridized carbons (Fsp3) is 0.917. The van der Waals surface area contributed by atoms with Crippen LogP contribution < -0.4 is 11.1 Å². The zero-order chi connectivity index (χ0) is 12.0. The molecule has 0 heterocycles. The number of carbonyl (C=O) groups excluding carboxylic acids is 1. The van der Waals surface area contributed by atoms with Crippen LogP contribution in [0.5, 0.6) is 0 Å². The zero-order valence-electron chi connectivity index (χ0n) is 10.4. The van der Waals surface area contributed by atoms with Crippen LogP contribution in [0, 0.1) is 5.41 Å². The molecule has 1 amide bonds. The summed E-state index contributed by atoms with van der Waals surface area (Å²) in [7, 11) is 1.64. The maximum absolute atomic E-state index is 11.9. The third kappa shape index (κ3) is 3.76. The fourth-order valence-corrected chi connectivity index (χ4v) is 2.26. The Labute approximate surface area is 97.9 Å². The minimum Gasteiger partial charge on any atom is -0.383 e. The molecular formula is C12H24N2O2. The van der Waals surface area contributed by atoms with Crippen LogP contribution in [0.25, 0.3) is 0 Å². The molecule has 4 heteroatoms. The van der Waals surface area contributed by atoms with E-state index in [0.717, 1.165) is 19.3 Å². The lowest BCUT2D eigenvalue weighted by Gasteiger charge is -2.22. The number of rotatable bonds is 6. The molecule has 0 saturated heterocycles. The lowest BCUT2D eigenvalue weighted by atomic mass is 9.88. The predicted molar refractivity (Wildman–Crippen MR) is 64.1 cm³/mol. The van der Waals surface area contributed by atoms with E-state index in [1.54, 1.807) is 7.11 Å². The Morgan fingerprint density at radius 3 is 2.69 bits per heavy atom. The van der Waals surface area contributed by atoms with Crippen molar-refractivity contribution in [3.63, 3.8) is 0 Å². The summed E-state index contributed by atoms with van der Waals surface area (Å²) in [4.78, 5) is 11.9. The van der Waals surface area contributed by atoms with Gasteiger partial charge < -0.3 is 15.8 Å². The van der Waals surface area contributed by atoms with Crippen molar-refractivity contribution in [1.82, 2.24) is 5.32 Å². The monoisotopic (exact) mass is 228 g/mol. The van der Waals surface area contributed by atoms with Gasteiger partial charge in [0.1, 0.15) is 0 Å². The smallest absolute Gasteiger partial charge is 0.225 e. The number of hydrogen-bond acceptors (Lipinski definition) is 3. The molecule has 16 heavy (non-hydrogen) atoms. The van der Waals surface area contributed by atoms with Crippen LogP contribution in [0.15, 0.2) is 0 Å². The minimum atomic E-state index is -0.134. The Kier molecular flexibility index (Phi) is 5.22. The van der Waals surface area contributed by atoms with Gasteiger partial charge in [-0.2, -0.15) is 0 Å². The van der Waals surface area contributed by atoms with Gasteiger partial charge in [-0.15, -0.1) is 0 Å². The number of ether oxygens (including phenoxy) is 1. The summed E-state index contributed by atoms with van der Waals surface area (Å²) in [6.07, 6.45) is 5.15. The number of carbonyl (C=O) groups is 1. The fourth-order valence-electron chi connectivity index (χ4n) is 2.26. The molecule has 4 nitrogen and oxygen atoms in total. The van der Waals surface area contributed by atoms with E-state index in [1.165, 1.54) is 12.8 Å². The van der Waals surface area contributed by atoms with Crippen LogP contribution in [0.2, 0.25) is 0 Å². The summed E-state index contributed by atoms with van der Waals surface area (Å²) in [6.45, 7) is 3.26. The molecule has 0 aromatic heterocycles. The van der Waals surface area contributed by atoms with Gasteiger partial charge in [0.2, 0.25) is 5.91 Å². The van der Waals surface area contributed by atoms with Crippen molar-refractivity contribution >= 4 is 5.91 Å². The van der Waals surface area contributed by atoms with Crippen molar-refractivity contribution in [2.45, 2.75) is 45.1 Å². The minimum absolute atomic E-state index is 0.0154. The summed E-state index contributed by atoms with van der Waals surface area (Å²) in [5.74, 6) is 0.189. The topological polar surface area (TPSA) is 64.3 Å². The average Bonchev–Trinajstić information content (AvgIpc) is 2.67. The normalized spacial score (nSPS) is 20.7. The van der Waals surface area contributed by atoms with Gasteiger partial charge in [0.25, 0.3) is 0 Å². The van der Waals surface area contributed by atoms with E-state index in [0.29, 0.717) is 13.2 Å². The number of nitrogens with two attached hydrogens (primary N) is 1. The molecule has 0 aliphatic heterocycles. The molecular weight excluding hydrogens is 204 g/mol. The van der Waals surface area contributed by atoms with Gasteiger partial charge in [0.05, 0.1) is 6.61 Å². The molecule has 1 saturated carbocycles. The van der Waals surface area contributed by atoms with E-state index in [2.05, 4.69) is 12.2 Å². The Balaban J connectivity index is 2.19. The molecule has 1 rings (SSSR count). The number of amides is 1. The standard InChI is InChI=1S/C12H24N2O2/c1-12(6-3-4-7-12)11(15)14-8-5-10(13)9-16-2/h10H,3-9,13H2,1-2H3,(H,14,15). The summed E-state index contributed by atoms with van der Waals surface area (Å²) in [5.41, 5.74) is 5.65. The first-order chi connectivity index (χ1) is 7.58. The molecule has 0 spiro atoms. The molecule has 0 aromatic rings. The highest BCUT2D eigenvalue weighted by Crippen LogP contribution is 2.37. The maximum atomic E-state index is 11.9. The lowest BCUT2D eigenvalue weighted by molar-refractivity contribution is -0.129. The van der Waals surface area contributed by atoms with Crippen LogP contribution in [-0.4, -0.2) is 32.2 Å². The van der Waals surface area contributed by atoms with Crippen molar-refractivity contribution in [3.8, 4) is 0 Å². The third-order valence-electron chi connectivity index (χ3n) is 3.44. The van der Waals surface area contributed by atoms with E-state index < -0.39 is 0 Å². The molecule has 0 bridgehead atoms. The van der Waals surface area contributed by atoms with Gasteiger partial charge >= 0.3 is 0 Å². The van der Waals surface area contributed by atoms with Gasteiger partial charge in [-0.1, -0.05) is 19.8 Å². The molecule has 1 fully saturated rings. The Bertz CT molecular complexity index is 225. The molecule has 94 valence electrons. The zero-order valence-corrected chi connectivity index (χ0v) is 10.4. The van der Waals surface area contributed by atoms with Crippen molar-refractivity contribution < 1.29 is 9.53 Å². The maximum Gasteiger partial charge on any atom is 0.225 e. The lowest BCUT2D eigenvalue weighted by Crippen LogP contribution is -2.39. The summed E-state index contributed by atoms with van der Waals surface area (Å²) < 4.78 is 4.94. The van der Waals surface area contributed by atoms with Crippen LogP contribution in [0.4, 0.5) is 0 Å². The average molecular weight is 228 g/mol. The van der Waals surface area contributed by atoms with Gasteiger partial charge in [0, 0.05) is 25.1 Å². The first-order valence-electron chi connectivity index (χ1n) is 6.11. The second-order valence-corrected chi connectivity index (χ2v) is 5.03. The summed E-state index contributed by atoms with van der Waals surface area (Å²) in [5, 5.41) is 2.98. The molecule has 1 unspecified atom stereocenters. The van der Waals surface area contributed by atoms with Crippen LogP contribution in [0.1, 0.15) is 39.0 Å². The first-order valence-corrected chi connectivity index (χ1v) is 6.11. The third-order valence-corrected chi connectivity index (χ3v) is 3.44. The second kappa shape index (κ2) is 6.21. The number of methoxy groups -OCH3 is 1. The quantitative estimate of drug-likeness (QED) is 0.714. The summed E-state index contributed by atoms with van der Waals surface area (Å²) in [6, 6.07) is 0.0154. The molecule has 1 aliphatic rings. The highest BCUT2D eigenvalue weighted by molar-refractivity contribution is 5.82. The van der Waals surface area contributed by atoms with Gasteiger partial charge in [0.15, 0.2) is 0 Å². The largest absolute Gasteiger partial charge is 0.383 e. The number of hydrogen-bond donors (Lipinski definition) is 2. The van der Waals surface area contributed by atoms with E-state index >= 15 is 0 Å².